The van der Waals surface area contributed by atoms with E-state index in [0.717, 1.165) is 17.7 Å². The van der Waals surface area contributed by atoms with Crippen molar-refractivity contribution in [3.05, 3.63) is 65.7 Å². The van der Waals surface area contributed by atoms with Gasteiger partial charge in [-0.15, -0.1) is 0 Å². The largest absolute Gasteiger partial charge is 0.488 e. The van der Waals surface area contributed by atoms with Crippen molar-refractivity contribution in [3.63, 3.8) is 0 Å². The van der Waals surface area contributed by atoms with Gasteiger partial charge in [-0.05, 0) is 50.5 Å². The summed E-state index contributed by atoms with van der Waals surface area (Å²) in [7, 11) is 0. The molecule has 3 heteroatoms. The number of ether oxygens (including phenoxy) is 1. The first kappa shape index (κ1) is 17.1. The lowest BCUT2D eigenvalue weighted by molar-refractivity contribution is -0.120. The molecular weight excluding hydrogens is 286 g/mol. The minimum Gasteiger partial charge on any atom is -0.488 e. The minimum absolute atomic E-state index is 0.0467. The fourth-order valence-electron chi connectivity index (χ4n) is 2.27. The molecule has 0 saturated carbocycles. The Kier molecular flexibility index (Phi) is 5.80. The van der Waals surface area contributed by atoms with Crippen LogP contribution < -0.4 is 10.1 Å². The summed E-state index contributed by atoms with van der Waals surface area (Å²) in [6.45, 7) is 6.71. The second-order valence-corrected chi connectivity index (χ2v) is 6.62. The second-order valence-electron chi connectivity index (χ2n) is 6.62. The van der Waals surface area contributed by atoms with E-state index in [9.17, 15) is 4.79 Å². The predicted molar refractivity (Wildman–Crippen MR) is 93.7 cm³/mol. The lowest BCUT2D eigenvalue weighted by Gasteiger charge is -2.21. The number of hydrogen-bond acceptors (Lipinski definition) is 2. The predicted octanol–water partition coefficient (Wildman–Crippen LogP) is 3.77. The zero-order valence-corrected chi connectivity index (χ0v) is 14.1. The third-order valence-electron chi connectivity index (χ3n) is 3.29. The van der Waals surface area contributed by atoms with Gasteiger partial charge in [-0.2, -0.15) is 0 Å². The number of carbonyl (C=O) groups is 1. The van der Waals surface area contributed by atoms with Crippen LogP contribution in [0, 0.1) is 0 Å². The van der Waals surface area contributed by atoms with Crippen LogP contribution in [0.15, 0.2) is 54.6 Å². The molecule has 0 heterocycles. The molecule has 122 valence electrons. The van der Waals surface area contributed by atoms with Crippen LogP contribution in [-0.2, 0) is 17.6 Å². The molecule has 0 atom stereocenters. The second kappa shape index (κ2) is 7.82. The first-order valence-electron chi connectivity index (χ1n) is 8.01. The maximum absolute atomic E-state index is 12.0. The maximum atomic E-state index is 12.0. The number of nitrogens with one attached hydrogen (secondary N) is 1. The van der Waals surface area contributed by atoms with E-state index in [2.05, 4.69) is 17.4 Å². The van der Waals surface area contributed by atoms with E-state index in [1.807, 2.05) is 63.2 Å². The van der Waals surface area contributed by atoms with Gasteiger partial charge in [0.05, 0.1) is 6.42 Å². The monoisotopic (exact) mass is 311 g/mol. The topological polar surface area (TPSA) is 38.3 Å². The third-order valence-corrected chi connectivity index (χ3v) is 3.29. The van der Waals surface area contributed by atoms with Gasteiger partial charge < -0.3 is 10.1 Å². The van der Waals surface area contributed by atoms with Gasteiger partial charge in [-0.3, -0.25) is 4.79 Å². The first-order chi connectivity index (χ1) is 10.9. The summed E-state index contributed by atoms with van der Waals surface area (Å²) in [6, 6.07) is 17.9. The SMILES string of the molecule is CC(C)(C)Oc1ccc(CC(=O)NCCc2ccccc2)cc1. The summed E-state index contributed by atoms with van der Waals surface area (Å²) >= 11 is 0. The standard InChI is InChI=1S/C20H25NO2/c1-20(2,3)23-18-11-9-17(10-12-18)15-19(22)21-14-13-16-7-5-4-6-8-16/h4-12H,13-15H2,1-3H3,(H,21,22). The summed E-state index contributed by atoms with van der Waals surface area (Å²) in [5.41, 5.74) is 2.01. The Hall–Kier alpha value is -2.29. The van der Waals surface area contributed by atoms with Gasteiger partial charge in [-0.25, -0.2) is 0 Å². The molecule has 0 spiro atoms. The van der Waals surface area contributed by atoms with Crippen LogP contribution in [0.1, 0.15) is 31.9 Å². The van der Waals surface area contributed by atoms with Gasteiger partial charge in [0.25, 0.3) is 0 Å². The summed E-state index contributed by atoms with van der Waals surface area (Å²) < 4.78 is 5.77. The molecule has 0 radical (unpaired) electrons. The quantitative estimate of drug-likeness (QED) is 0.882. The van der Waals surface area contributed by atoms with Crippen molar-refractivity contribution in [2.24, 2.45) is 0 Å². The maximum Gasteiger partial charge on any atom is 0.224 e. The fourth-order valence-corrected chi connectivity index (χ4v) is 2.27. The van der Waals surface area contributed by atoms with E-state index < -0.39 is 0 Å². The molecule has 23 heavy (non-hydrogen) atoms. The van der Waals surface area contributed by atoms with Crippen molar-refractivity contribution in [2.75, 3.05) is 6.54 Å². The third kappa shape index (κ3) is 6.55. The van der Waals surface area contributed by atoms with Crippen molar-refractivity contribution in [2.45, 2.75) is 39.2 Å². The van der Waals surface area contributed by atoms with Crippen molar-refractivity contribution >= 4 is 5.91 Å². The Morgan fingerprint density at radius 2 is 1.61 bits per heavy atom. The first-order valence-corrected chi connectivity index (χ1v) is 8.01. The Bertz CT molecular complexity index is 612. The molecule has 0 aliphatic heterocycles. The van der Waals surface area contributed by atoms with E-state index in [1.54, 1.807) is 0 Å². The van der Waals surface area contributed by atoms with Crippen LogP contribution in [-0.4, -0.2) is 18.1 Å². The van der Waals surface area contributed by atoms with Crippen molar-refractivity contribution in [3.8, 4) is 5.75 Å². The van der Waals surface area contributed by atoms with Gasteiger partial charge in [0.1, 0.15) is 11.4 Å². The highest BCUT2D eigenvalue weighted by Gasteiger charge is 2.11. The summed E-state index contributed by atoms with van der Waals surface area (Å²) in [6.07, 6.45) is 1.25. The molecule has 0 aromatic heterocycles. The van der Waals surface area contributed by atoms with Gasteiger partial charge >= 0.3 is 0 Å². The lowest BCUT2D eigenvalue weighted by atomic mass is 10.1. The molecule has 0 bridgehead atoms. The summed E-state index contributed by atoms with van der Waals surface area (Å²) in [4.78, 5) is 12.0. The smallest absolute Gasteiger partial charge is 0.224 e. The highest BCUT2D eigenvalue weighted by atomic mass is 16.5. The number of amides is 1. The van der Waals surface area contributed by atoms with Gasteiger partial charge in [-0.1, -0.05) is 42.5 Å². The number of rotatable bonds is 6. The molecule has 0 aliphatic carbocycles. The zero-order chi connectivity index (χ0) is 16.7. The van der Waals surface area contributed by atoms with Gasteiger partial charge in [0.2, 0.25) is 5.91 Å². The van der Waals surface area contributed by atoms with Crippen LogP contribution in [0.5, 0.6) is 5.75 Å². The van der Waals surface area contributed by atoms with Gasteiger partial charge in [0, 0.05) is 6.54 Å². The molecule has 3 nitrogen and oxygen atoms in total. The van der Waals surface area contributed by atoms with Gasteiger partial charge in [0.15, 0.2) is 0 Å². The van der Waals surface area contributed by atoms with E-state index in [4.69, 9.17) is 4.74 Å². The van der Waals surface area contributed by atoms with Crippen LogP contribution in [0.2, 0.25) is 0 Å². The highest BCUT2D eigenvalue weighted by molar-refractivity contribution is 5.78. The molecule has 2 rings (SSSR count). The Morgan fingerprint density at radius 3 is 2.22 bits per heavy atom. The highest BCUT2D eigenvalue weighted by Crippen LogP contribution is 2.18. The van der Waals surface area contributed by atoms with Crippen molar-refractivity contribution in [1.82, 2.24) is 5.32 Å². The molecule has 0 fully saturated rings. The number of benzene rings is 2. The van der Waals surface area contributed by atoms with Crippen molar-refractivity contribution in [1.29, 1.82) is 0 Å². The van der Waals surface area contributed by atoms with E-state index in [-0.39, 0.29) is 11.5 Å². The zero-order valence-electron chi connectivity index (χ0n) is 14.1. The van der Waals surface area contributed by atoms with E-state index in [1.165, 1.54) is 5.56 Å². The fraction of sp³-hybridized carbons (Fsp3) is 0.350. The van der Waals surface area contributed by atoms with Crippen molar-refractivity contribution < 1.29 is 9.53 Å². The molecular formula is C20H25NO2. The Labute approximate surface area is 138 Å². The molecule has 1 amide bonds. The molecule has 0 unspecified atom stereocenters. The number of carbonyl (C=O) groups excluding carboxylic acids is 1. The average Bonchev–Trinajstić information content (AvgIpc) is 2.49. The summed E-state index contributed by atoms with van der Waals surface area (Å²) in [5.74, 6) is 0.871. The van der Waals surface area contributed by atoms with Crippen LogP contribution in [0.4, 0.5) is 0 Å². The molecule has 0 aliphatic rings. The minimum atomic E-state index is -0.212. The number of hydrogen-bond donors (Lipinski definition) is 1. The van der Waals surface area contributed by atoms with Crippen LogP contribution >= 0.6 is 0 Å². The van der Waals surface area contributed by atoms with E-state index >= 15 is 0 Å². The normalized spacial score (nSPS) is 11.1. The molecule has 2 aromatic carbocycles. The average molecular weight is 311 g/mol. The molecule has 1 N–H and O–H groups in total. The molecule has 2 aromatic rings. The van der Waals surface area contributed by atoms with Crippen LogP contribution in [0.25, 0.3) is 0 Å². The van der Waals surface area contributed by atoms with E-state index in [0.29, 0.717) is 13.0 Å². The Morgan fingerprint density at radius 1 is 0.957 bits per heavy atom. The lowest BCUT2D eigenvalue weighted by Crippen LogP contribution is -2.27. The van der Waals surface area contributed by atoms with Crippen LogP contribution in [0.3, 0.4) is 0 Å². The molecule has 0 saturated heterocycles. The Balaban J connectivity index is 1.76. The summed E-state index contributed by atoms with van der Waals surface area (Å²) in [5, 5.41) is 2.96.